The highest BCUT2D eigenvalue weighted by Crippen LogP contribution is 2.18. The third-order valence-corrected chi connectivity index (χ3v) is 4.93. The van der Waals surface area contributed by atoms with Crippen molar-refractivity contribution in [3.63, 3.8) is 0 Å². The fraction of sp³-hybridized carbons (Fsp3) is 0.440. The number of carbonyl (C=O) groups is 2. The molecule has 0 aliphatic heterocycles. The van der Waals surface area contributed by atoms with Gasteiger partial charge in [0.1, 0.15) is 11.8 Å². The van der Waals surface area contributed by atoms with E-state index in [0.29, 0.717) is 25.3 Å². The fourth-order valence-corrected chi connectivity index (χ4v) is 3.54. The number of rotatable bonds is 10. The molecule has 0 aliphatic carbocycles. The molecule has 2 aromatic rings. The van der Waals surface area contributed by atoms with Crippen LogP contribution in [0.25, 0.3) is 0 Å². The SMILES string of the molecule is CCCNC(=O)[C@@H](CC)N(Cc1cccc(C)c1)C(=O)COc1cc(C)cc(C)c1. The van der Waals surface area contributed by atoms with Gasteiger partial charge in [-0.15, -0.1) is 0 Å². The Hall–Kier alpha value is -2.82. The third kappa shape index (κ3) is 6.90. The molecule has 0 spiro atoms. The van der Waals surface area contributed by atoms with Gasteiger partial charge in [-0.05, 0) is 62.4 Å². The van der Waals surface area contributed by atoms with Crippen molar-refractivity contribution < 1.29 is 14.3 Å². The Bertz CT molecular complexity index is 843. The first kappa shape index (κ1) is 23.5. The maximum Gasteiger partial charge on any atom is 0.261 e. The van der Waals surface area contributed by atoms with Crippen LogP contribution in [-0.2, 0) is 16.1 Å². The highest BCUT2D eigenvalue weighted by Gasteiger charge is 2.28. The number of ether oxygens (including phenoxy) is 1. The summed E-state index contributed by atoms with van der Waals surface area (Å²) in [6.07, 6.45) is 1.39. The van der Waals surface area contributed by atoms with Gasteiger partial charge in [0.25, 0.3) is 5.91 Å². The van der Waals surface area contributed by atoms with Crippen molar-refractivity contribution in [3.05, 3.63) is 64.7 Å². The monoisotopic (exact) mass is 410 g/mol. The lowest BCUT2D eigenvalue weighted by atomic mass is 10.1. The largest absolute Gasteiger partial charge is 0.484 e. The maximum atomic E-state index is 13.2. The van der Waals surface area contributed by atoms with Crippen LogP contribution in [0.4, 0.5) is 0 Å². The lowest BCUT2D eigenvalue weighted by molar-refractivity contribution is -0.143. The van der Waals surface area contributed by atoms with Crippen molar-refractivity contribution in [2.24, 2.45) is 0 Å². The van der Waals surface area contributed by atoms with Crippen LogP contribution in [0, 0.1) is 20.8 Å². The summed E-state index contributed by atoms with van der Waals surface area (Å²) in [4.78, 5) is 27.6. The molecule has 162 valence electrons. The molecule has 0 aromatic heterocycles. The molecule has 0 heterocycles. The molecule has 2 rings (SSSR count). The van der Waals surface area contributed by atoms with E-state index in [9.17, 15) is 9.59 Å². The molecule has 0 fully saturated rings. The number of carbonyl (C=O) groups excluding carboxylic acids is 2. The molecule has 0 aliphatic rings. The smallest absolute Gasteiger partial charge is 0.261 e. The average Bonchev–Trinajstić information content (AvgIpc) is 2.69. The van der Waals surface area contributed by atoms with Crippen LogP contribution in [0.15, 0.2) is 42.5 Å². The second kappa shape index (κ2) is 11.4. The fourth-order valence-electron chi connectivity index (χ4n) is 3.54. The molecule has 1 atom stereocenters. The Balaban J connectivity index is 2.21. The van der Waals surface area contributed by atoms with Crippen molar-refractivity contribution >= 4 is 11.8 Å². The molecule has 2 aromatic carbocycles. The molecule has 0 saturated carbocycles. The molecule has 1 N–H and O–H groups in total. The zero-order valence-corrected chi connectivity index (χ0v) is 18.8. The highest BCUT2D eigenvalue weighted by atomic mass is 16.5. The summed E-state index contributed by atoms with van der Waals surface area (Å²) in [7, 11) is 0. The van der Waals surface area contributed by atoms with Crippen LogP contribution in [0.3, 0.4) is 0 Å². The molecule has 0 radical (unpaired) electrons. The van der Waals surface area contributed by atoms with Crippen molar-refractivity contribution in [2.45, 2.75) is 60.0 Å². The second-order valence-electron chi connectivity index (χ2n) is 7.84. The summed E-state index contributed by atoms with van der Waals surface area (Å²) in [5, 5.41) is 2.93. The van der Waals surface area contributed by atoms with E-state index in [0.717, 1.165) is 28.7 Å². The number of aryl methyl sites for hydroxylation is 3. The lowest BCUT2D eigenvalue weighted by Crippen LogP contribution is -2.50. The van der Waals surface area contributed by atoms with E-state index in [1.165, 1.54) is 0 Å². The first-order chi connectivity index (χ1) is 14.3. The van der Waals surface area contributed by atoms with E-state index in [2.05, 4.69) is 11.4 Å². The van der Waals surface area contributed by atoms with E-state index in [4.69, 9.17) is 4.74 Å². The Labute approximate surface area is 180 Å². The average molecular weight is 411 g/mol. The quantitative estimate of drug-likeness (QED) is 0.634. The Morgan fingerprint density at radius 1 is 1.00 bits per heavy atom. The van der Waals surface area contributed by atoms with Crippen molar-refractivity contribution in [3.8, 4) is 5.75 Å². The minimum Gasteiger partial charge on any atom is -0.484 e. The Kier molecular flexibility index (Phi) is 8.90. The topological polar surface area (TPSA) is 58.6 Å². The van der Waals surface area contributed by atoms with Gasteiger partial charge in [0.2, 0.25) is 5.91 Å². The second-order valence-corrected chi connectivity index (χ2v) is 7.84. The first-order valence-corrected chi connectivity index (χ1v) is 10.7. The van der Waals surface area contributed by atoms with Gasteiger partial charge in [-0.1, -0.05) is 49.7 Å². The summed E-state index contributed by atoms with van der Waals surface area (Å²) < 4.78 is 5.80. The van der Waals surface area contributed by atoms with Gasteiger partial charge in [0.05, 0.1) is 0 Å². The number of amides is 2. The summed E-state index contributed by atoms with van der Waals surface area (Å²) in [6, 6.07) is 13.4. The minimum absolute atomic E-state index is 0.105. The van der Waals surface area contributed by atoms with E-state index in [1.54, 1.807) is 4.90 Å². The first-order valence-electron chi connectivity index (χ1n) is 10.7. The van der Waals surface area contributed by atoms with Gasteiger partial charge in [0.15, 0.2) is 6.61 Å². The molecular formula is C25H34N2O3. The Morgan fingerprint density at radius 3 is 2.30 bits per heavy atom. The van der Waals surface area contributed by atoms with Gasteiger partial charge in [0, 0.05) is 13.1 Å². The van der Waals surface area contributed by atoms with Crippen LogP contribution in [0.2, 0.25) is 0 Å². The highest BCUT2D eigenvalue weighted by molar-refractivity contribution is 5.88. The summed E-state index contributed by atoms with van der Waals surface area (Å²) in [6.45, 7) is 10.8. The van der Waals surface area contributed by atoms with Crippen LogP contribution in [0.1, 0.15) is 48.9 Å². The number of hydrogen-bond acceptors (Lipinski definition) is 3. The predicted octanol–water partition coefficient (Wildman–Crippen LogP) is 4.32. The maximum absolute atomic E-state index is 13.2. The summed E-state index contributed by atoms with van der Waals surface area (Å²) >= 11 is 0. The van der Waals surface area contributed by atoms with Gasteiger partial charge < -0.3 is 15.0 Å². The third-order valence-electron chi connectivity index (χ3n) is 4.93. The van der Waals surface area contributed by atoms with Crippen LogP contribution in [-0.4, -0.2) is 35.9 Å². The molecule has 0 saturated heterocycles. The predicted molar refractivity (Wildman–Crippen MR) is 121 cm³/mol. The number of hydrogen-bond donors (Lipinski definition) is 1. The lowest BCUT2D eigenvalue weighted by Gasteiger charge is -2.30. The zero-order chi connectivity index (χ0) is 22.1. The molecule has 0 bridgehead atoms. The van der Waals surface area contributed by atoms with E-state index in [-0.39, 0.29) is 18.4 Å². The summed E-state index contributed by atoms with van der Waals surface area (Å²) in [5.74, 6) is 0.348. The van der Waals surface area contributed by atoms with Crippen LogP contribution < -0.4 is 10.1 Å². The number of nitrogens with one attached hydrogen (secondary N) is 1. The van der Waals surface area contributed by atoms with Crippen molar-refractivity contribution in [2.75, 3.05) is 13.2 Å². The normalized spacial score (nSPS) is 11.6. The summed E-state index contributed by atoms with van der Waals surface area (Å²) in [5.41, 5.74) is 4.28. The molecule has 0 unspecified atom stereocenters. The van der Waals surface area contributed by atoms with E-state index >= 15 is 0 Å². The van der Waals surface area contributed by atoms with Crippen LogP contribution in [0.5, 0.6) is 5.75 Å². The van der Waals surface area contributed by atoms with Gasteiger partial charge in [-0.2, -0.15) is 0 Å². The molecular weight excluding hydrogens is 376 g/mol. The Morgan fingerprint density at radius 2 is 1.70 bits per heavy atom. The van der Waals surface area contributed by atoms with Gasteiger partial charge in [-0.3, -0.25) is 9.59 Å². The van der Waals surface area contributed by atoms with E-state index in [1.807, 2.05) is 71.0 Å². The zero-order valence-electron chi connectivity index (χ0n) is 18.8. The number of nitrogens with zero attached hydrogens (tertiary/aromatic N) is 1. The molecule has 30 heavy (non-hydrogen) atoms. The molecule has 2 amide bonds. The minimum atomic E-state index is -0.535. The van der Waals surface area contributed by atoms with Gasteiger partial charge in [-0.25, -0.2) is 0 Å². The molecule has 5 nitrogen and oxygen atoms in total. The van der Waals surface area contributed by atoms with Gasteiger partial charge >= 0.3 is 0 Å². The van der Waals surface area contributed by atoms with Crippen LogP contribution >= 0.6 is 0 Å². The van der Waals surface area contributed by atoms with Crippen molar-refractivity contribution in [1.82, 2.24) is 10.2 Å². The van der Waals surface area contributed by atoms with Crippen molar-refractivity contribution in [1.29, 1.82) is 0 Å². The van der Waals surface area contributed by atoms with E-state index < -0.39 is 6.04 Å². The standard InChI is InChI=1S/C25H34N2O3/c1-6-11-26-25(29)23(7-2)27(16-21-10-8-9-18(3)13-21)24(28)17-30-22-14-19(4)12-20(5)15-22/h8-10,12-15,23H,6-7,11,16-17H2,1-5H3,(H,26,29)/t23-/m1/s1. The molecule has 5 heteroatoms. The number of benzene rings is 2.